The average molecular weight is 378 g/mol. The summed E-state index contributed by atoms with van der Waals surface area (Å²) in [5, 5.41) is 9.51. The molecule has 152 valence electrons. The van der Waals surface area contributed by atoms with Crippen LogP contribution in [-0.2, 0) is 0 Å². The second-order valence-corrected chi connectivity index (χ2v) is 6.89. The van der Waals surface area contributed by atoms with Gasteiger partial charge in [-0.3, -0.25) is 0 Å². The van der Waals surface area contributed by atoms with Gasteiger partial charge >= 0.3 is 5.69 Å². The molecule has 0 saturated heterocycles. The Morgan fingerprint density at radius 3 is 1.59 bits per heavy atom. The minimum Gasteiger partial charge on any atom is -0.493 e. The lowest BCUT2D eigenvalue weighted by Gasteiger charge is -2.11. The molecule has 1 aromatic carbocycles. The van der Waals surface area contributed by atoms with Crippen LogP contribution in [-0.4, -0.2) is 19.8 Å². The molecule has 0 saturated carbocycles. The molecule has 0 aliphatic heterocycles. The molecule has 0 bridgehead atoms. The number of benzene rings is 1. The lowest BCUT2D eigenvalue weighted by atomic mass is 10.2. The number of hydrogen-bond acceptors (Lipinski definition) is 4. The molecule has 0 radical (unpaired) electrons. The molecule has 0 unspecified atom stereocenters. The van der Waals surface area contributed by atoms with E-state index in [0.717, 1.165) is 38.5 Å². The second kappa shape index (κ2) is 15.1. The summed E-state index contributed by atoms with van der Waals surface area (Å²) in [6.45, 7) is 8.34. The van der Waals surface area contributed by atoms with Crippen LogP contribution in [0.5, 0.6) is 17.2 Å². The molecular weight excluding hydrogens is 340 g/mol. The minimum absolute atomic E-state index is 0.351. The molecule has 0 amide bonds. The van der Waals surface area contributed by atoms with Crippen LogP contribution < -0.4 is 14.2 Å². The summed E-state index contributed by atoms with van der Waals surface area (Å²) in [5.74, 6) is 1.74. The van der Waals surface area contributed by atoms with Crippen LogP contribution in [0.25, 0.3) is 4.98 Å². The van der Waals surface area contributed by atoms with E-state index in [2.05, 4.69) is 25.7 Å². The molecule has 0 N–H and O–H groups in total. The summed E-state index contributed by atoms with van der Waals surface area (Å²) in [4.78, 5) is 3.43. The third-order valence-corrected chi connectivity index (χ3v) is 4.39. The van der Waals surface area contributed by atoms with Crippen LogP contribution in [0.4, 0.5) is 5.69 Å². The van der Waals surface area contributed by atoms with Crippen molar-refractivity contribution in [1.82, 2.24) is 0 Å². The van der Waals surface area contributed by atoms with Gasteiger partial charge in [-0.25, -0.2) is 0 Å². The maximum absolute atomic E-state index is 9.51. The summed E-state index contributed by atoms with van der Waals surface area (Å²) in [6.07, 6.45) is 11.1. The van der Waals surface area contributed by atoms with Gasteiger partial charge in [-0.1, -0.05) is 65.7 Å². The monoisotopic (exact) mass is 377 g/mol. The molecular formula is C22H37N2O3+. The fourth-order valence-electron chi connectivity index (χ4n) is 2.72. The molecule has 5 nitrogen and oxygen atoms in total. The van der Waals surface area contributed by atoms with Crippen molar-refractivity contribution in [2.24, 2.45) is 0 Å². The smallest absolute Gasteiger partial charge is 0.467 e. The van der Waals surface area contributed by atoms with Crippen molar-refractivity contribution >= 4 is 5.69 Å². The van der Waals surface area contributed by atoms with Gasteiger partial charge in [0.1, 0.15) is 5.75 Å². The fourth-order valence-corrected chi connectivity index (χ4v) is 2.72. The van der Waals surface area contributed by atoms with Gasteiger partial charge in [-0.05, 0) is 19.3 Å². The van der Waals surface area contributed by atoms with Gasteiger partial charge in [0.25, 0.3) is 0 Å². The maximum atomic E-state index is 9.51. The second-order valence-electron chi connectivity index (χ2n) is 6.89. The highest BCUT2D eigenvalue weighted by atomic mass is 16.5. The van der Waals surface area contributed by atoms with Gasteiger partial charge in [-0.15, -0.1) is 0 Å². The highest BCUT2D eigenvalue weighted by molar-refractivity contribution is 5.69. The number of rotatable bonds is 16. The number of unbranched alkanes of at least 4 members (excludes halogenated alkanes) is 7. The zero-order valence-electron chi connectivity index (χ0n) is 17.5. The highest BCUT2D eigenvalue weighted by Crippen LogP contribution is 2.42. The standard InChI is InChI=1S/C22H37N2O3/c1-4-7-10-12-15-26-20-17-19(25-14-9-6-3)18-21(22(20)24-23)27-16-13-11-8-5-2/h17-18H,4-16H2,1-3H3/q+1. The van der Waals surface area contributed by atoms with Gasteiger partial charge in [0.05, 0.1) is 19.8 Å². The average Bonchev–Trinajstić information content (AvgIpc) is 2.68. The summed E-state index contributed by atoms with van der Waals surface area (Å²) in [7, 11) is 0. The first-order valence-corrected chi connectivity index (χ1v) is 10.7. The Morgan fingerprint density at radius 2 is 1.15 bits per heavy atom. The van der Waals surface area contributed by atoms with Crippen molar-refractivity contribution in [3.05, 3.63) is 17.1 Å². The van der Waals surface area contributed by atoms with E-state index in [4.69, 9.17) is 14.2 Å². The van der Waals surface area contributed by atoms with E-state index in [1.54, 1.807) is 12.1 Å². The van der Waals surface area contributed by atoms with Crippen LogP contribution >= 0.6 is 0 Å². The third-order valence-electron chi connectivity index (χ3n) is 4.39. The van der Waals surface area contributed by atoms with E-state index in [1.165, 1.54) is 25.7 Å². The van der Waals surface area contributed by atoms with Crippen LogP contribution in [0.3, 0.4) is 0 Å². The van der Waals surface area contributed by atoms with Crippen molar-refractivity contribution in [3.63, 3.8) is 0 Å². The lowest BCUT2D eigenvalue weighted by molar-refractivity contribution is 0.280. The number of ether oxygens (including phenoxy) is 3. The van der Waals surface area contributed by atoms with Gasteiger partial charge < -0.3 is 14.2 Å². The third kappa shape index (κ3) is 9.51. The van der Waals surface area contributed by atoms with Crippen molar-refractivity contribution < 1.29 is 14.2 Å². The molecule has 0 aliphatic rings. The zero-order chi connectivity index (χ0) is 19.7. The molecule has 0 aromatic heterocycles. The molecule has 0 aliphatic carbocycles. The Kier molecular flexibility index (Phi) is 12.9. The van der Waals surface area contributed by atoms with E-state index in [1.807, 2.05) is 0 Å². The number of nitrogens with zero attached hydrogens (tertiary/aromatic N) is 2. The Balaban J connectivity index is 2.80. The van der Waals surface area contributed by atoms with E-state index in [0.29, 0.717) is 42.8 Å². The van der Waals surface area contributed by atoms with Crippen LogP contribution in [0, 0.1) is 5.39 Å². The van der Waals surface area contributed by atoms with Gasteiger partial charge in [0.2, 0.25) is 16.9 Å². The van der Waals surface area contributed by atoms with Gasteiger partial charge in [0, 0.05) is 12.1 Å². The lowest BCUT2D eigenvalue weighted by Crippen LogP contribution is -2.03. The summed E-state index contributed by atoms with van der Waals surface area (Å²) in [6, 6.07) is 3.60. The Bertz CT molecular complexity index is 520. The molecule has 5 heteroatoms. The largest absolute Gasteiger partial charge is 0.493 e. The first kappa shape index (κ1) is 23.1. The molecule has 0 fully saturated rings. The van der Waals surface area contributed by atoms with E-state index in [9.17, 15) is 5.39 Å². The van der Waals surface area contributed by atoms with Crippen molar-refractivity contribution in [2.45, 2.75) is 85.0 Å². The van der Waals surface area contributed by atoms with Crippen molar-refractivity contribution in [2.75, 3.05) is 19.8 Å². The van der Waals surface area contributed by atoms with Crippen LogP contribution in [0.15, 0.2) is 12.1 Å². The quantitative estimate of drug-likeness (QED) is 0.224. The first-order chi connectivity index (χ1) is 13.3. The summed E-state index contributed by atoms with van der Waals surface area (Å²) in [5.41, 5.74) is 0.351. The minimum atomic E-state index is 0.351. The molecule has 0 heterocycles. The van der Waals surface area contributed by atoms with E-state index in [-0.39, 0.29) is 0 Å². The summed E-state index contributed by atoms with van der Waals surface area (Å²) < 4.78 is 17.6. The van der Waals surface area contributed by atoms with Gasteiger partial charge in [-0.2, -0.15) is 0 Å². The fraction of sp³-hybridized carbons (Fsp3) is 0.727. The Hall–Kier alpha value is -1.96. The molecule has 0 spiro atoms. The Labute approximate surface area is 165 Å². The predicted octanol–water partition coefficient (Wildman–Crippen LogP) is 7.27. The normalized spacial score (nSPS) is 10.4. The first-order valence-electron chi connectivity index (χ1n) is 10.7. The van der Waals surface area contributed by atoms with Gasteiger partial charge in [0.15, 0.2) is 4.98 Å². The number of hydrogen-bond donors (Lipinski definition) is 0. The van der Waals surface area contributed by atoms with E-state index < -0.39 is 0 Å². The van der Waals surface area contributed by atoms with Crippen LogP contribution in [0.1, 0.15) is 85.0 Å². The topological polar surface area (TPSA) is 55.8 Å². The molecule has 1 aromatic rings. The SMILES string of the molecule is CCCCCCOc1cc(OCCCC)cc(OCCCCCC)c1[N+]#N. The molecule has 1 rings (SSSR count). The summed E-state index contributed by atoms with van der Waals surface area (Å²) >= 11 is 0. The zero-order valence-corrected chi connectivity index (χ0v) is 17.5. The molecule has 0 atom stereocenters. The maximum Gasteiger partial charge on any atom is 0.467 e. The van der Waals surface area contributed by atoms with Crippen molar-refractivity contribution in [3.8, 4) is 17.2 Å². The molecule has 27 heavy (non-hydrogen) atoms. The Morgan fingerprint density at radius 1 is 0.667 bits per heavy atom. The van der Waals surface area contributed by atoms with E-state index >= 15 is 0 Å². The predicted molar refractivity (Wildman–Crippen MR) is 111 cm³/mol. The van der Waals surface area contributed by atoms with Crippen LogP contribution in [0.2, 0.25) is 0 Å². The number of diazo groups is 1. The highest BCUT2D eigenvalue weighted by Gasteiger charge is 2.25. The van der Waals surface area contributed by atoms with Crippen molar-refractivity contribution in [1.29, 1.82) is 5.39 Å².